The Morgan fingerprint density at radius 1 is 1.04 bits per heavy atom. The first kappa shape index (κ1) is 21.3. The number of rotatable bonds is 10. The van der Waals surface area contributed by atoms with E-state index in [0.717, 1.165) is 57.3 Å². The van der Waals surface area contributed by atoms with Crippen LogP contribution in [0.2, 0.25) is 0 Å². The summed E-state index contributed by atoms with van der Waals surface area (Å²) in [5.41, 5.74) is 0. The lowest BCUT2D eigenvalue weighted by molar-refractivity contribution is 0.308. The van der Waals surface area contributed by atoms with E-state index in [-0.39, 0.29) is 24.0 Å². The minimum absolute atomic E-state index is 0. The number of aromatic nitrogens is 1. The van der Waals surface area contributed by atoms with Gasteiger partial charge in [0.25, 0.3) is 0 Å². The van der Waals surface area contributed by atoms with Crippen molar-refractivity contribution >= 4 is 29.9 Å². The van der Waals surface area contributed by atoms with E-state index in [2.05, 4.69) is 39.5 Å². The number of para-hydroxylation sites is 1. The fourth-order valence-electron chi connectivity index (χ4n) is 2.28. The number of nitrogens with zero attached hydrogens (tertiary/aromatic N) is 2. The number of aliphatic imine (C=N–C) groups is 1. The van der Waals surface area contributed by atoms with Crippen LogP contribution < -0.4 is 15.4 Å². The third kappa shape index (κ3) is 9.38. The van der Waals surface area contributed by atoms with Crippen LogP contribution in [-0.4, -0.2) is 36.8 Å². The molecule has 0 aliphatic rings. The molecule has 0 aliphatic heterocycles. The second-order valence-corrected chi connectivity index (χ2v) is 5.48. The Bertz CT molecular complexity index is 572. The lowest BCUT2D eigenvalue weighted by Gasteiger charge is -2.11. The van der Waals surface area contributed by atoms with Gasteiger partial charge in [-0.2, -0.15) is 0 Å². The second kappa shape index (κ2) is 13.6. The molecule has 0 saturated carbocycles. The predicted molar refractivity (Wildman–Crippen MR) is 115 cm³/mol. The molecule has 5 nitrogen and oxygen atoms in total. The highest BCUT2D eigenvalue weighted by molar-refractivity contribution is 14.0. The van der Waals surface area contributed by atoms with Gasteiger partial charge in [-0.15, -0.1) is 24.0 Å². The number of ether oxygens (including phenoxy) is 1. The van der Waals surface area contributed by atoms with Gasteiger partial charge in [-0.25, -0.2) is 0 Å². The summed E-state index contributed by atoms with van der Waals surface area (Å²) in [5.74, 6) is 1.81. The van der Waals surface area contributed by atoms with E-state index in [1.165, 1.54) is 0 Å². The van der Waals surface area contributed by atoms with Crippen molar-refractivity contribution in [3.63, 3.8) is 0 Å². The predicted octanol–water partition coefficient (Wildman–Crippen LogP) is 3.52. The SMILES string of the molecule is CCNC(=NCCCCOc1ccccc1)NCCn1cccc1.I. The number of halogens is 1. The molecule has 0 aliphatic carbocycles. The van der Waals surface area contributed by atoms with Gasteiger partial charge in [0.1, 0.15) is 5.75 Å². The number of nitrogens with one attached hydrogen (secondary N) is 2. The Morgan fingerprint density at radius 3 is 2.52 bits per heavy atom. The lowest BCUT2D eigenvalue weighted by Crippen LogP contribution is -2.38. The van der Waals surface area contributed by atoms with E-state index in [0.29, 0.717) is 0 Å². The van der Waals surface area contributed by atoms with Crippen molar-refractivity contribution in [3.05, 3.63) is 54.9 Å². The Balaban J connectivity index is 0.00000312. The number of hydrogen-bond acceptors (Lipinski definition) is 2. The molecule has 6 heteroatoms. The van der Waals surface area contributed by atoms with Crippen LogP contribution in [0.15, 0.2) is 59.9 Å². The van der Waals surface area contributed by atoms with Crippen molar-refractivity contribution in [1.82, 2.24) is 15.2 Å². The smallest absolute Gasteiger partial charge is 0.191 e. The number of benzene rings is 1. The normalized spacial score (nSPS) is 10.8. The Morgan fingerprint density at radius 2 is 1.80 bits per heavy atom. The maximum atomic E-state index is 5.68. The fourth-order valence-corrected chi connectivity index (χ4v) is 2.28. The van der Waals surface area contributed by atoms with Gasteiger partial charge in [0.15, 0.2) is 5.96 Å². The molecule has 25 heavy (non-hydrogen) atoms. The quantitative estimate of drug-likeness (QED) is 0.249. The van der Waals surface area contributed by atoms with Crippen molar-refractivity contribution in [2.45, 2.75) is 26.3 Å². The van der Waals surface area contributed by atoms with Crippen molar-refractivity contribution in [2.75, 3.05) is 26.2 Å². The van der Waals surface area contributed by atoms with Gasteiger partial charge in [0.05, 0.1) is 6.61 Å². The van der Waals surface area contributed by atoms with E-state index < -0.39 is 0 Å². The van der Waals surface area contributed by atoms with Gasteiger partial charge in [-0.05, 0) is 44.0 Å². The number of hydrogen-bond donors (Lipinski definition) is 2. The topological polar surface area (TPSA) is 50.6 Å². The molecule has 0 spiro atoms. The van der Waals surface area contributed by atoms with Crippen LogP contribution in [0.1, 0.15) is 19.8 Å². The summed E-state index contributed by atoms with van der Waals surface area (Å²) < 4.78 is 7.83. The van der Waals surface area contributed by atoms with Gasteiger partial charge in [-0.3, -0.25) is 4.99 Å². The van der Waals surface area contributed by atoms with Crippen LogP contribution in [-0.2, 0) is 6.54 Å². The van der Waals surface area contributed by atoms with Gasteiger partial charge in [-0.1, -0.05) is 18.2 Å². The molecule has 0 fully saturated rings. The molecule has 2 rings (SSSR count). The standard InChI is InChI=1S/C19H28N4O.HI/c1-2-20-19(22-13-16-23-14-7-8-15-23)21-12-6-9-17-24-18-10-4-3-5-11-18;/h3-5,7-8,10-11,14-15H,2,6,9,12-13,16-17H2,1H3,(H2,20,21,22);1H. The molecule has 0 amide bonds. The fraction of sp³-hybridized carbons (Fsp3) is 0.421. The highest BCUT2D eigenvalue weighted by atomic mass is 127. The maximum Gasteiger partial charge on any atom is 0.191 e. The summed E-state index contributed by atoms with van der Waals surface area (Å²) >= 11 is 0. The molecule has 1 heterocycles. The van der Waals surface area contributed by atoms with Crippen LogP contribution >= 0.6 is 24.0 Å². The highest BCUT2D eigenvalue weighted by Gasteiger charge is 1.97. The van der Waals surface area contributed by atoms with Crippen molar-refractivity contribution in [2.24, 2.45) is 4.99 Å². The van der Waals surface area contributed by atoms with Crippen LogP contribution in [0.25, 0.3) is 0 Å². The van der Waals surface area contributed by atoms with E-state index >= 15 is 0 Å². The van der Waals surface area contributed by atoms with Gasteiger partial charge in [0.2, 0.25) is 0 Å². The molecule has 0 radical (unpaired) electrons. The summed E-state index contributed by atoms with van der Waals surface area (Å²) in [4.78, 5) is 4.61. The van der Waals surface area contributed by atoms with Crippen molar-refractivity contribution in [3.8, 4) is 5.75 Å². The second-order valence-electron chi connectivity index (χ2n) is 5.48. The summed E-state index contributed by atoms with van der Waals surface area (Å²) in [7, 11) is 0. The lowest BCUT2D eigenvalue weighted by atomic mass is 10.3. The molecule has 138 valence electrons. The third-order valence-corrected chi connectivity index (χ3v) is 3.51. The van der Waals surface area contributed by atoms with Gasteiger partial charge >= 0.3 is 0 Å². The molecular formula is C19H29IN4O. The van der Waals surface area contributed by atoms with E-state index in [4.69, 9.17) is 4.74 Å². The van der Waals surface area contributed by atoms with Crippen LogP contribution in [0.5, 0.6) is 5.75 Å². The zero-order chi connectivity index (χ0) is 16.9. The molecule has 2 aromatic rings. The molecule has 1 aromatic carbocycles. The van der Waals surface area contributed by atoms with Crippen LogP contribution in [0.4, 0.5) is 0 Å². The molecule has 0 saturated heterocycles. The van der Waals surface area contributed by atoms with Crippen LogP contribution in [0.3, 0.4) is 0 Å². The average molecular weight is 456 g/mol. The summed E-state index contributed by atoms with van der Waals surface area (Å²) in [5, 5.41) is 6.64. The third-order valence-electron chi connectivity index (χ3n) is 3.51. The first-order valence-electron chi connectivity index (χ1n) is 8.69. The summed E-state index contributed by atoms with van der Waals surface area (Å²) in [6, 6.07) is 14.0. The summed E-state index contributed by atoms with van der Waals surface area (Å²) in [6.45, 7) is 6.28. The van der Waals surface area contributed by atoms with E-state index in [1.807, 2.05) is 42.5 Å². The van der Waals surface area contributed by atoms with E-state index in [1.54, 1.807) is 0 Å². The van der Waals surface area contributed by atoms with Crippen molar-refractivity contribution in [1.29, 1.82) is 0 Å². The molecule has 0 bridgehead atoms. The monoisotopic (exact) mass is 456 g/mol. The number of guanidine groups is 1. The first-order valence-corrected chi connectivity index (χ1v) is 8.69. The number of unbranched alkanes of at least 4 members (excludes halogenated alkanes) is 1. The minimum Gasteiger partial charge on any atom is -0.494 e. The molecule has 1 aromatic heterocycles. The Hall–Kier alpha value is -1.70. The molecule has 0 unspecified atom stereocenters. The Kier molecular flexibility index (Phi) is 11.6. The van der Waals surface area contributed by atoms with Crippen LogP contribution in [0, 0.1) is 0 Å². The maximum absolute atomic E-state index is 5.68. The zero-order valence-corrected chi connectivity index (χ0v) is 17.2. The van der Waals surface area contributed by atoms with E-state index in [9.17, 15) is 0 Å². The molecule has 0 atom stereocenters. The first-order chi connectivity index (χ1) is 11.9. The largest absolute Gasteiger partial charge is 0.494 e. The van der Waals surface area contributed by atoms with Gasteiger partial charge < -0.3 is 19.9 Å². The minimum atomic E-state index is 0. The molecular weight excluding hydrogens is 427 g/mol. The van der Waals surface area contributed by atoms with Crippen molar-refractivity contribution < 1.29 is 4.74 Å². The Labute approximate surface area is 167 Å². The average Bonchev–Trinajstić information content (AvgIpc) is 3.12. The highest BCUT2D eigenvalue weighted by Crippen LogP contribution is 2.08. The molecule has 2 N–H and O–H groups in total. The zero-order valence-electron chi connectivity index (χ0n) is 14.9. The summed E-state index contributed by atoms with van der Waals surface area (Å²) in [6.07, 6.45) is 6.15. The van der Waals surface area contributed by atoms with Gasteiger partial charge in [0, 0.05) is 38.6 Å².